The summed E-state index contributed by atoms with van der Waals surface area (Å²) in [5.74, 6) is -0.811. The predicted octanol–water partition coefficient (Wildman–Crippen LogP) is 2.72. The lowest BCUT2D eigenvalue weighted by molar-refractivity contribution is -0.174. The minimum Gasteiger partial charge on any atom is -0.465 e. The van der Waals surface area contributed by atoms with Crippen molar-refractivity contribution in [1.29, 1.82) is 0 Å². The molecule has 0 radical (unpaired) electrons. The maximum Gasteiger partial charge on any atom is 0.324 e. The molecule has 1 fully saturated rings. The molecule has 1 aliphatic rings. The molecule has 5 nitrogen and oxygen atoms in total. The lowest BCUT2D eigenvalue weighted by atomic mass is 9.71. The summed E-state index contributed by atoms with van der Waals surface area (Å²) in [6.07, 6.45) is 6.27. The van der Waals surface area contributed by atoms with Crippen molar-refractivity contribution in [3.63, 3.8) is 0 Å². The highest BCUT2D eigenvalue weighted by molar-refractivity contribution is 7.81. The second-order valence-electron chi connectivity index (χ2n) is 6.15. The van der Waals surface area contributed by atoms with Gasteiger partial charge in [-0.2, -0.15) is 12.6 Å². The van der Waals surface area contributed by atoms with Crippen molar-refractivity contribution < 1.29 is 19.1 Å². The fourth-order valence-corrected chi connectivity index (χ4v) is 4.07. The average molecular weight is 346 g/mol. The summed E-state index contributed by atoms with van der Waals surface area (Å²) >= 11 is 4.75. The third kappa shape index (κ3) is 4.86. The number of esters is 2. The van der Waals surface area contributed by atoms with E-state index in [1.165, 1.54) is 6.42 Å². The zero-order valence-electron chi connectivity index (χ0n) is 14.4. The topological polar surface area (TPSA) is 78.6 Å². The Morgan fingerprint density at radius 3 is 2.09 bits per heavy atom. The number of hydrogen-bond acceptors (Lipinski definition) is 6. The van der Waals surface area contributed by atoms with Gasteiger partial charge in [0.15, 0.2) is 5.41 Å². The number of carbonyl (C=O) groups is 2. The van der Waals surface area contributed by atoms with Crippen LogP contribution in [0, 0.1) is 11.3 Å². The number of ether oxygens (including phenoxy) is 2. The molecule has 0 heterocycles. The summed E-state index contributed by atoms with van der Waals surface area (Å²) in [6.45, 7) is 4.35. The van der Waals surface area contributed by atoms with Crippen LogP contribution in [-0.4, -0.2) is 36.9 Å². The molecule has 0 aromatic rings. The molecule has 1 unspecified atom stereocenters. The van der Waals surface area contributed by atoms with E-state index in [-0.39, 0.29) is 19.1 Å². The average Bonchev–Trinajstić information content (AvgIpc) is 2.56. The van der Waals surface area contributed by atoms with Crippen molar-refractivity contribution >= 4 is 24.6 Å². The Hall–Kier alpha value is -0.750. The third-order valence-corrected chi connectivity index (χ3v) is 5.52. The predicted molar refractivity (Wildman–Crippen MR) is 93.3 cm³/mol. The molecule has 134 valence electrons. The smallest absolute Gasteiger partial charge is 0.324 e. The Morgan fingerprint density at radius 1 is 1.13 bits per heavy atom. The summed E-state index contributed by atoms with van der Waals surface area (Å²) in [4.78, 5) is 25.5. The molecular formula is C17H31NO4S. The molecule has 0 amide bonds. The lowest BCUT2D eigenvalue weighted by Gasteiger charge is -2.39. The van der Waals surface area contributed by atoms with Gasteiger partial charge in [-0.3, -0.25) is 9.59 Å². The van der Waals surface area contributed by atoms with Gasteiger partial charge in [-0.05, 0) is 52.0 Å². The Kier molecular flexibility index (Phi) is 8.99. The van der Waals surface area contributed by atoms with E-state index in [9.17, 15) is 9.59 Å². The van der Waals surface area contributed by atoms with Crippen LogP contribution in [0.3, 0.4) is 0 Å². The highest BCUT2D eigenvalue weighted by atomic mass is 32.1. The quantitative estimate of drug-likeness (QED) is 0.382. The molecule has 0 aromatic heterocycles. The molecule has 1 atom stereocenters. The van der Waals surface area contributed by atoms with Crippen LogP contribution < -0.4 is 5.73 Å². The fraction of sp³-hybridized carbons (Fsp3) is 0.882. The maximum atomic E-state index is 12.8. The summed E-state index contributed by atoms with van der Waals surface area (Å²) in [5, 5.41) is -0.396. The normalized spacial score (nSPS) is 17.6. The molecule has 1 saturated carbocycles. The SMILES string of the molecule is CCOC(=O)C(CCCN)(C(=O)OCC)C(S)C1CCCCC1. The first-order chi connectivity index (χ1) is 11.0. The molecule has 1 rings (SSSR count). The first kappa shape index (κ1) is 20.3. The van der Waals surface area contributed by atoms with Gasteiger partial charge in [0.05, 0.1) is 13.2 Å². The van der Waals surface area contributed by atoms with Gasteiger partial charge >= 0.3 is 11.9 Å². The van der Waals surface area contributed by atoms with E-state index in [0.29, 0.717) is 19.4 Å². The fourth-order valence-electron chi connectivity index (χ4n) is 3.43. The molecule has 0 bridgehead atoms. The van der Waals surface area contributed by atoms with E-state index in [4.69, 9.17) is 27.8 Å². The van der Waals surface area contributed by atoms with Crippen LogP contribution in [0.1, 0.15) is 58.8 Å². The van der Waals surface area contributed by atoms with E-state index in [1.807, 2.05) is 0 Å². The molecule has 6 heteroatoms. The van der Waals surface area contributed by atoms with Gasteiger partial charge in [0.25, 0.3) is 0 Å². The number of thiol groups is 1. The highest BCUT2D eigenvalue weighted by Gasteiger charge is 2.55. The number of carbonyl (C=O) groups excluding carboxylic acids is 2. The van der Waals surface area contributed by atoms with Gasteiger partial charge in [0.2, 0.25) is 0 Å². The van der Waals surface area contributed by atoms with Crippen LogP contribution in [0.15, 0.2) is 0 Å². The van der Waals surface area contributed by atoms with Crippen LogP contribution >= 0.6 is 12.6 Å². The van der Waals surface area contributed by atoms with Gasteiger partial charge in [0, 0.05) is 5.25 Å². The van der Waals surface area contributed by atoms with Gasteiger partial charge in [-0.25, -0.2) is 0 Å². The molecule has 1 aliphatic carbocycles. The maximum absolute atomic E-state index is 12.8. The van der Waals surface area contributed by atoms with Crippen LogP contribution in [0.2, 0.25) is 0 Å². The molecule has 0 saturated heterocycles. The Balaban J connectivity index is 3.16. The van der Waals surface area contributed by atoms with E-state index >= 15 is 0 Å². The molecule has 2 N–H and O–H groups in total. The second kappa shape index (κ2) is 10.2. The van der Waals surface area contributed by atoms with Gasteiger partial charge in [-0.15, -0.1) is 0 Å². The van der Waals surface area contributed by atoms with Crippen molar-refractivity contribution in [3.8, 4) is 0 Å². The van der Waals surface area contributed by atoms with E-state index < -0.39 is 22.6 Å². The molecule has 0 aromatic carbocycles. The number of nitrogens with two attached hydrogens (primary N) is 1. The van der Waals surface area contributed by atoms with Gasteiger partial charge in [0.1, 0.15) is 0 Å². The summed E-state index contributed by atoms with van der Waals surface area (Å²) in [6, 6.07) is 0. The first-order valence-electron chi connectivity index (χ1n) is 8.77. The van der Waals surface area contributed by atoms with Gasteiger partial charge < -0.3 is 15.2 Å². The minimum atomic E-state index is -1.35. The van der Waals surface area contributed by atoms with Crippen molar-refractivity contribution in [2.75, 3.05) is 19.8 Å². The van der Waals surface area contributed by atoms with E-state index in [2.05, 4.69) is 0 Å². The minimum absolute atomic E-state index is 0.221. The van der Waals surface area contributed by atoms with Crippen molar-refractivity contribution in [2.45, 2.75) is 64.0 Å². The Bertz CT molecular complexity index is 365. The van der Waals surface area contributed by atoms with Gasteiger partial charge in [-0.1, -0.05) is 19.3 Å². The molecule has 23 heavy (non-hydrogen) atoms. The summed E-state index contributed by atoms with van der Waals surface area (Å²) in [7, 11) is 0. The number of rotatable bonds is 9. The Morgan fingerprint density at radius 2 is 1.65 bits per heavy atom. The van der Waals surface area contributed by atoms with Crippen molar-refractivity contribution in [2.24, 2.45) is 17.1 Å². The molecule has 0 aliphatic heterocycles. The van der Waals surface area contributed by atoms with E-state index in [1.54, 1.807) is 13.8 Å². The van der Waals surface area contributed by atoms with Crippen molar-refractivity contribution in [1.82, 2.24) is 0 Å². The third-order valence-electron chi connectivity index (χ3n) is 4.66. The summed E-state index contributed by atoms with van der Waals surface area (Å²) in [5.41, 5.74) is 4.28. The van der Waals surface area contributed by atoms with Crippen LogP contribution in [0.4, 0.5) is 0 Å². The van der Waals surface area contributed by atoms with Crippen LogP contribution in [0.25, 0.3) is 0 Å². The zero-order valence-corrected chi connectivity index (χ0v) is 15.3. The Labute approximate surface area is 145 Å². The first-order valence-corrected chi connectivity index (χ1v) is 9.28. The molecular weight excluding hydrogens is 314 g/mol. The lowest BCUT2D eigenvalue weighted by Crippen LogP contribution is -2.52. The summed E-state index contributed by atoms with van der Waals surface area (Å²) < 4.78 is 10.5. The van der Waals surface area contributed by atoms with Crippen molar-refractivity contribution in [3.05, 3.63) is 0 Å². The molecule has 0 spiro atoms. The van der Waals surface area contributed by atoms with Crippen LogP contribution in [0.5, 0.6) is 0 Å². The van der Waals surface area contributed by atoms with Crippen LogP contribution in [-0.2, 0) is 19.1 Å². The number of hydrogen-bond donors (Lipinski definition) is 2. The highest BCUT2D eigenvalue weighted by Crippen LogP contribution is 2.43. The zero-order chi connectivity index (χ0) is 17.3. The monoisotopic (exact) mass is 345 g/mol. The largest absolute Gasteiger partial charge is 0.465 e. The second-order valence-corrected chi connectivity index (χ2v) is 6.70. The standard InChI is InChI=1S/C17H31NO4S/c1-3-21-15(19)17(11-8-12-18,16(20)22-4-2)14(23)13-9-6-5-7-10-13/h13-14,23H,3-12,18H2,1-2H3. The van der Waals surface area contributed by atoms with E-state index in [0.717, 1.165) is 25.7 Å².